The lowest BCUT2D eigenvalue weighted by molar-refractivity contribution is -0.590. The normalized spacial score (nSPS) is 13.8. The number of nitrogens with zero attached hydrogens (tertiary/aromatic N) is 2. The highest BCUT2D eigenvalue weighted by Gasteiger charge is 2.53. The summed E-state index contributed by atoms with van der Waals surface area (Å²) in [4.78, 5) is 19.8. The van der Waals surface area contributed by atoms with Crippen LogP contribution in [0.5, 0.6) is 0 Å². The van der Waals surface area contributed by atoms with E-state index in [4.69, 9.17) is 5.26 Å². The van der Waals surface area contributed by atoms with Crippen molar-refractivity contribution in [2.24, 2.45) is 0 Å². The van der Waals surface area contributed by atoms with Gasteiger partial charge in [-0.1, -0.05) is 0 Å². The molecule has 6 nitrogen and oxygen atoms in total. The number of nitriles is 1. The SMILES string of the molecule is CCOC(=O)C(F)(CCC#N)[N+](=O)[O-]. The maximum absolute atomic E-state index is 13.4. The van der Waals surface area contributed by atoms with Crippen LogP contribution >= 0.6 is 0 Å². The molecule has 78 valence electrons. The van der Waals surface area contributed by atoms with Crippen LogP contribution < -0.4 is 0 Å². The fourth-order valence-corrected chi connectivity index (χ4v) is 0.731. The van der Waals surface area contributed by atoms with Crippen molar-refractivity contribution in [3.05, 3.63) is 10.1 Å². The lowest BCUT2D eigenvalue weighted by atomic mass is 10.1. The molecule has 0 rings (SSSR count). The van der Waals surface area contributed by atoms with Gasteiger partial charge in [0, 0.05) is 6.42 Å². The Morgan fingerprint density at radius 2 is 2.36 bits per heavy atom. The number of nitro groups is 1. The second-order valence-corrected chi connectivity index (χ2v) is 2.40. The molecular formula is C7H9FN2O4. The molecule has 0 aliphatic carbocycles. The fourth-order valence-electron chi connectivity index (χ4n) is 0.731. The molecule has 0 aromatic heterocycles. The van der Waals surface area contributed by atoms with Crippen LogP contribution in [-0.4, -0.2) is 23.3 Å². The number of carbonyl (C=O) groups is 1. The van der Waals surface area contributed by atoms with Crippen molar-refractivity contribution in [2.75, 3.05) is 6.61 Å². The van der Waals surface area contributed by atoms with E-state index in [1.54, 1.807) is 0 Å². The van der Waals surface area contributed by atoms with Crippen molar-refractivity contribution in [3.8, 4) is 6.07 Å². The number of rotatable bonds is 5. The fraction of sp³-hybridized carbons (Fsp3) is 0.714. The third-order valence-electron chi connectivity index (χ3n) is 1.45. The molecule has 0 radical (unpaired) electrons. The van der Waals surface area contributed by atoms with E-state index in [0.717, 1.165) is 0 Å². The van der Waals surface area contributed by atoms with Gasteiger partial charge in [0.05, 0.1) is 24.0 Å². The first-order valence-electron chi connectivity index (χ1n) is 3.86. The maximum atomic E-state index is 13.4. The molecule has 0 fully saturated rings. The van der Waals surface area contributed by atoms with Crippen LogP contribution in [0.4, 0.5) is 4.39 Å². The van der Waals surface area contributed by atoms with Crippen LogP contribution in [0.25, 0.3) is 0 Å². The lowest BCUT2D eigenvalue weighted by Crippen LogP contribution is -2.43. The minimum atomic E-state index is -3.30. The van der Waals surface area contributed by atoms with Crippen molar-refractivity contribution in [3.63, 3.8) is 0 Å². The Hall–Kier alpha value is -1.71. The van der Waals surface area contributed by atoms with Gasteiger partial charge in [0.2, 0.25) is 0 Å². The zero-order valence-electron chi connectivity index (χ0n) is 7.53. The number of ether oxygens (including phenoxy) is 1. The Morgan fingerprint density at radius 3 is 2.71 bits per heavy atom. The summed E-state index contributed by atoms with van der Waals surface area (Å²) in [6.45, 7) is 1.26. The quantitative estimate of drug-likeness (QED) is 0.285. The summed E-state index contributed by atoms with van der Waals surface area (Å²) < 4.78 is 17.6. The van der Waals surface area contributed by atoms with Crippen LogP contribution in [0, 0.1) is 21.4 Å². The van der Waals surface area contributed by atoms with Crippen LogP contribution in [0.1, 0.15) is 19.8 Å². The van der Waals surface area contributed by atoms with Gasteiger partial charge in [0.25, 0.3) is 0 Å². The maximum Gasteiger partial charge on any atom is 0.455 e. The molecule has 0 saturated carbocycles. The van der Waals surface area contributed by atoms with E-state index < -0.39 is 29.5 Å². The third kappa shape index (κ3) is 2.65. The van der Waals surface area contributed by atoms with E-state index >= 15 is 0 Å². The van der Waals surface area contributed by atoms with Gasteiger partial charge < -0.3 is 4.74 Å². The molecular weight excluding hydrogens is 195 g/mol. The largest absolute Gasteiger partial charge is 0.458 e. The minimum Gasteiger partial charge on any atom is -0.458 e. The Labute approximate surface area is 79.4 Å². The summed E-state index contributed by atoms with van der Waals surface area (Å²) in [5, 5.41) is 18.4. The van der Waals surface area contributed by atoms with Gasteiger partial charge in [0.15, 0.2) is 0 Å². The summed E-state index contributed by atoms with van der Waals surface area (Å²) in [6.07, 6.45) is -1.22. The van der Waals surface area contributed by atoms with E-state index in [1.165, 1.54) is 13.0 Å². The first-order valence-corrected chi connectivity index (χ1v) is 3.86. The Morgan fingerprint density at radius 1 is 1.79 bits per heavy atom. The van der Waals surface area contributed by atoms with Crippen molar-refractivity contribution < 1.29 is 18.8 Å². The Bertz CT molecular complexity index is 275. The smallest absolute Gasteiger partial charge is 0.455 e. The second kappa shape index (κ2) is 5.11. The summed E-state index contributed by atoms with van der Waals surface area (Å²) >= 11 is 0. The van der Waals surface area contributed by atoms with E-state index in [0.29, 0.717) is 0 Å². The molecule has 0 aliphatic heterocycles. The zero-order valence-corrected chi connectivity index (χ0v) is 7.53. The third-order valence-corrected chi connectivity index (χ3v) is 1.45. The summed E-state index contributed by atoms with van der Waals surface area (Å²) in [6, 6.07) is 1.52. The molecule has 7 heteroatoms. The van der Waals surface area contributed by atoms with Crippen LogP contribution in [-0.2, 0) is 9.53 Å². The predicted molar refractivity (Wildman–Crippen MR) is 42.3 cm³/mol. The van der Waals surface area contributed by atoms with Gasteiger partial charge in [0.1, 0.15) is 0 Å². The Kier molecular flexibility index (Phi) is 4.49. The number of hydrogen-bond acceptors (Lipinski definition) is 5. The van der Waals surface area contributed by atoms with Gasteiger partial charge in [-0.2, -0.15) is 9.65 Å². The number of esters is 1. The molecule has 0 aromatic carbocycles. The first kappa shape index (κ1) is 12.3. The number of halogens is 1. The molecule has 0 spiro atoms. The van der Waals surface area contributed by atoms with Crippen LogP contribution in [0.15, 0.2) is 0 Å². The molecule has 0 aromatic rings. The first-order chi connectivity index (χ1) is 6.49. The van der Waals surface area contributed by atoms with Gasteiger partial charge in [-0.15, -0.1) is 0 Å². The molecule has 0 saturated heterocycles. The van der Waals surface area contributed by atoms with E-state index in [2.05, 4.69) is 4.74 Å². The topological polar surface area (TPSA) is 93.2 Å². The molecule has 1 unspecified atom stereocenters. The van der Waals surface area contributed by atoms with Crippen molar-refractivity contribution >= 4 is 5.97 Å². The highest BCUT2D eigenvalue weighted by molar-refractivity contribution is 5.77. The molecule has 0 N–H and O–H groups in total. The standard InChI is InChI=1S/C7H9FN2O4/c1-2-14-6(11)7(8,10(12)13)4-3-5-9/h2-4H2,1H3. The zero-order chi connectivity index (χ0) is 11.2. The minimum absolute atomic E-state index is 0.148. The van der Waals surface area contributed by atoms with E-state index in [-0.39, 0.29) is 6.61 Å². The molecule has 1 atom stereocenters. The average Bonchev–Trinajstić information content (AvgIpc) is 2.14. The summed E-state index contributed by atoms with van der Waals surface area (Å²) in [7, 11) is 0. The number of hydrogen-bond donors (Lipinski definition) is 0. The number of carbonyl (C=O) groups excluding carboxylic acids is 1. The van der Waals surface area contributed by atoms with Crippen molar-refractivity contribution in [1.82, 2.24) is 0 Å². The monoisotopic (exact) mass is 204 g/mol. The Balaban J connectivity index is 4.63. The molecule has 0 bridgehead atoms. The summed E-state index contributed by atoms with van der Waals surface area (Å²) in [5.74, 6) is -4.86. The van der Waals surface area contributed by atoms with Crippen LogP contribution in [0.3, 0.4) is 0 Å². The highest BCUT2D eigenvalue weighted by Crippen LogP contribution is 2.20. The van der Waals surface area contributed by atoms with Gasteiger partial charge in [-0.25, -0.2) is 4.79 Å². The molecule has 14 heavy (non-hydrogen) atoms. The molecule has 0 aliphatic rings. The van der Waals surface area contributed by atoms with Crippen molar-refractivity contribution in [1.29, 1.82) is 5.26 Å². The summed E-state index contributed by atoms with van der Waals surface area (Å²) in [5.41, 5.74) is 0. The van der Waals surface area contributed by atoms with Gasteiger partial charge in [-0.05, 0) is 6.92 Å². The highest BCUT2D eigenvalue weighted by atomic mass is 19.1. The lowest BCUT2D eigenvalue weighted by Gasteiger charge is -2.12. The average molecular weight is 204 g/mol. The van der Waals surface area contributed by atoms with Crippen LogP contribution in [0.2, 0.25) is 0 Å². The molecule has 0 amide bonds. The van der Waals surface area contributed by atoms with E-state index in [9.17, 15) is 19.3 Å². The van der Waals surface area contributed by atoms with E-state index in [1.807, 2.05) is 0 Å². The molecule has 0 heterocycles. The number of alkyl halides is 1. The second-order valence-electron chi connectivity index (χ2n) is 2.40. The van der Waals surface area contributed by atoms with Gasteiger partial charge in [-0.3, -0.25) is 10.1 Å². The predicted octanol–water partition coefficient (Wildman–Crippen LogP) is 0.796. The van der Waals surface area contributed by atoms with Gasteiger partial charge >= 0.3 is 11.8 Å². The van der Waals surface area contributed by atoms with Crippen molar-refractivity contribution in [2.45, 2.75) is 25.6 Å².